The maximum atomic E-state index is 5.48. The molecule has 0 bridgehead atoms. The molecule has 2 rings (SSSR count). The summed E-state index contributed by atoms with van der Waals surface area (Å²) < 4.78 is 1.96. The van der Waals surface area contributed by atoms with Crippen molar-refractivity contribution >= 4 is 0 Å². The molecule has 0 aliphatic carbocycles. The second-order valence-electron chi connectivity index (χ2n) is 4.77. The quantitative estimate of drug-likeness (QED) is 0.789. The minimum Gasteiger partial charge on any atom is -0.330 e. The highest BCUT2D eigenvalue weighted by molar-refractivity contribution is 4.92. The molecule has 0 atom stereocenters. The fourth-order valence-corrected chi connectivity index (χ4v) is 2.27. The molecule has 1 aliphatic heterocycles. The van der Waals surface area contributed by atoms with Crippen molar-refractivity contribution in [3.05, 3.63) is 11.9 Å². The van der Waals surface area contributed by atoms with E-state index in [-0.39, 0.29) is 0 Å². The average molecular weight is 237 g/mol. The minimum atomic E-state index is 0.723. The van der Waals surface area contributed by atoms with Gasteiger partial charge in [-0.25, -0.2) is 0 Å². The third-order valence-electron chi connectivity index (χ3n) is 3.32. The minimum absolute atomic E-state index is 0.723. The number of aromatic nitrogens is 3. The summed E-state index contributed by atoms with van der Waals surface area (Å²) in [6.07, 6.45) is 8.08. The molecule has 1 saturated heterocycles. The summed E-state index contributed by atoms with van der Waals surface area (Å²) in [5.41, 5.74) is 6.54. The number of nitrogens with zero attached hydrogens (tertiary/aromatic N) is 4. The van der Waals surface area contributed by atoms with Gasteiger partial charge in [0.1, 0.15) is 0 Å². The smallest absolute Gasteiger partial charge is 0.0827 e. The van der Waals surface area contributed by atoms with Crippen molar-refractivity contribution in [2.45, 2.75) is 38.6 Å². The van der Waals surface area contributed by atoms with Crippen molar-refractivity contribution < 1.29 is 0 Å². The molecular formula is C12H23N5. The molecule has 1 aromatic heterocycles. The molecule has 17 heavy (non-hydrogen) atoms. The summed E-state index contributed by atoms with van der Waals surface area (Å²) in [5, 5.41) is 8.31. The molecule has 96 valence electrons. The van der Waals surface area contributed by atoms with Crippen LogP contribution in [-0.4, -0.2) is 46.1 Å². The Morgan fingerprint density at radius 2 is 2.00 bits per heavy atom. The van der Waals surface area contributed by atoms with Gasteiger partial charge in [-0.2, -0.15) is 0 Å². The van der Waals surface area contributed by atoms with Crippen molar-refractivity contribution in [3.63, 3.8) is 0 Å². The average Bonchev–Trinajstić information content (AvgIpc) is 2.83. The van der Waals surface area contributed by atoms with E-state index in [4.69, 9.17) is 5.73 Å². The highest BCUT2D eigenvalue weighted by atomic mass is 15.4. The van der Waals surface area contributed by atoms with E-state index >= 15 is 0 Å². The van der Waals surface area contributed by atoms with Crippen LogP contribution in [0.4, 0.5) is 0 Å². The van der Waals surface area contributed by atoms with Crippen molar-refractivity contribution in [2.75, 3.05) is 26.2 Å². The van der Waals surface area contributed by atoms with Crippen LogP contribution in [0.1, 0.15) is 31.4 Å². The van der Waals surface area contributed by atoms with Gasteiger partial charge in [-0.1, -0.05) is 11.6 Å². The van der Waals surface area contributed by atoms with Crippen LogP contribution in [0.3, 0.4) is 0 Å². The molecule has 0 radical (unpaired) electrons. The summed E-state index contributed by atoms with van der Waals surface area (Å²) in [5.74, 6) is 0. The lowest BCUT2D eigenvalue weighted by Gasteiger charge is -2.25. The van der Waals surface area contributed by atoms with Gasteiger partial charge in [-0.15, -0.1) is 5.10 Å². The van der Waals surface area contributed by atoms with Crippen molar-refractivity contribution in [2.24, 2.45) is 5.73 Å². The Labute approximate surface area is 103 Å². The number of piperidine rings is 1. The van der Waals surface area contributed by atoms with Crippen LogP contribution >= 0.6 is 0 Å². The summed E-state index contributed by atoms with van der Waals surface area (Å²) in [7, 11) is 0. The van der Waals surface area contributed by atoms with E-state index < -0.39 is 0 Å². The standard InChI is InChI=1S/C12H23N5/c13-6-4-5-12-11-17(15-14-12)10-9-16-7-2-1-3-8-16/h11H,1-10,13H2. The number of rotatable bonds is 6. The summed E-state index contributed by atoms with van der Waals surface area (Å²) in [6, 6.07) is 0. The Bertz CT molecular complexity index is 316. The van der Waals surface area contributed by atoms with Gasteiger partial charge in [-0.05, 0) is 45.3 Å². The fourth-order valence-electron chi connectivity index (χ4n) is 2.27. The number of hydrogen-bond donors (Lipinski definition) is 1. The monoisotopic (exact) mass is 237 g/mol. The lowest BCUT2D eigenvalue weighted by atomic mass is 10.1. The molecule has 5 nitrogen and oxygen atoms in total. The van der Waals surface area contributed by atoms with Crippen LogP contribution < -0.4 is 5.73 Å². The van der Waals surface area contributed by atoms with E-state index in [1.54, 1.807) is 0 Å². The van der Waals surface area contributed by atoms with E-state index in [0.717, 1.165) is 38.2 Å². The highest BCUT2D eigenvalue weighted by Crippen LogP contribution is 2.08. The number of likely N-dealkylation sites (tertiary alicyclic amines) is 1. The largest absolute Gasteiger partial charge is 0.330 e. The first-order valence-electron chi connectivity index (χ1n) is 6.70. The Morgan fingerprint density at radius 3 is 2.76 bits per heavy atom. The second kappa shape index (κ2) is 6.71. The molecule has 1 aromatic rings. The fraction of sp³-hybridized carbons (Fsp3) is 0.833. The van der Waals surface area contributed by atoms with E-state index in [1.807, 2.05) is 4.68 Å². The van der Waals surface area contributed by atoms with Crippen molar-refractivity contribution in [3.8, 4) is 0 Å². The highest BCUT2D eigenvalue weighted by Gasteiger charge is 2.09. The van der Waals surface area contributed by atoms with Gasteiger partial charge < -0.3 is 10.6 Å². The Hall–Kier alpha value is -0.940. The molecule has 0 aromatic carbocycles. The van der Waals surface area contributed by atoms with Crippen LogP contribution in [0.15, 0.2) is 6.20 Å². The molecule has 5 heteroatoms. The molecule has 0 saturated carbocycles. The second-order valence-corrected chi connectivity index (χ2v) is 4.77. The van der Waals surface area contributed by atoms with Crippen LogP contribution in [0.2, 0.25) is 0 Å². The van der Waals surface area contributed by atoms with Crippen LogP contribution in [0.25, 0.3) is 0 Å². The first kappa shape index (κ1) is 12.5. The summed E-state index contributed by atoms with van der Waals surface area (Å²) in [4.78, 5) is 2.52. The van der Waals surface area contributed by atoms with E-state index in [9.17, 15) is 0 Å². The topological polar surface area (TPSA) is 60.0 Å². The van der Waals surface area contributed by atoms with E-state index in [1.165, 1.54) is 32.4 Å². The molecule has 0 amide bonds. The van der Waals surface area contributed by atoms with E-state index in [2.05, 4.69) is 21.4 Å². The molecule has 1 aliphatic rings. The van der Waals surface area contributed by atoms with Gasteiger partial charge in [0.25, 0.3) is 0 Å². The molecule has 2 heterocycles. The zero-order valence-corrected chi connectivity index (χ0v) is 10.5. The number of aryl methyl sites for hydroxylation is 1. The first-order chi connectivity index (χ1) is 8.38. The molecule has 2 N–H and O–H groups in total. The van der Waals surface area contributed by atoms with Gasteiger partial charge >= 0.3 is 0 Å². The zero-order valence-electron chi connectivity index (χ0n) is 10.5. The molecular weight excluding hydrogens is 214 g/mol. The molecule has 1 fully saturated rings. The van der Waals surface area contributed by atoms with Crippen LogP contribution in [-0.2, 0) is 13.0 Å². The van der Waals surface area contributed by atoms with Gasteiger partial charge in [0.2, 0.25) is 0 Å². The predicted molar refractivity (Wildman–Crippen MR) is 67.7 cm³/mol. The molecule has 0 unspecified atom stereocenters. The Kier molecular flexibility index (Phi) is 4.94. The Balaban J connectivity index is 1.72. The van der Waals surface area contributed by atoms with Gasteiger partial charge in [-0.3, -0.25) is 4.68 Å². The number of nitrogens with two attached hydrogens (primary N) is 1. The van der Waals surface area contributed by atoms with Gasteiger partial charge in [0.05, 0.1) is 12.2 Å². The maximum absolute atomic E-state index is 5.48. The number of hydrogen-bond acceptors (Lipinski definition) is 4. The maximum Gasteiger partial charge on any atom is 0.0827 e. The van der Waals surface area contributed by atoms with Crippen molar-refractivity contribution in [1.82, 2.24) is 19.9 Å². The third kappa shape index (κ3) is 4.09. The summed E-state index contributed by atoms with van der Waals surface area (Å²) in [6.45, 7) is 5.26. The third-order valence-corrected chi connectivity index (χ3v) is 3.32. The van der Waals surface area contributed by atoms with Gasteiger partial charge in [0, 0.05) is 12.7 Å². The summed E-state index contributed by atoms with van der Waals surface area (Å²) >= 11 is 0. The van der Waals surface area contributed by atoms with Crippen LogP contribution in [0.5, 0.6) is 0 Å². The zero-order chi connectivity index (χ0) is 11.9. The van der Waals surface area contributed by atoms with Crippen LogP contribution in [0, 0.1) is 0 Å². The lowest BCUT2D eigenvalue weighted by Crippen LogP contribution is -2.32. The predicted octanol–water partition coefficient (Wildman–Crippen LogP) is 0.655. The Morgan fingerprint density at radius 1 is 1.18 bits per heavy atom. The van der Waals surface area contributed by atoms with Gasteiger partial charge in [0.15, 0.2) is 0 Å². The first-order valence-corrected chi connectivity index (χ1v) is 6.70. The van der Waals surface area contributed by atoms with Crippen molar-refractivity contribution in [1.29, 1.82) is 0 Å². The molecule has 0 spiro atoms. The normalized spacial score (nSPS) is 17.5. The van der Waals surface area contributed by atoms with E-state index in [0.29, 0.717) is 0 Å². The SMILES string of the molecule is NCCCc1cn(CCN2CCCCC2)nn1. The lowest BCUT2D eigenvalue weighted by molar-refractivity contribution is 0.217.